The quantitative estimate of drug-likeness (QED) is 0.873. The second-order valence-electron chi connectivity index (χ2n) is 4.55. The lowest BCUT2D eigenvalue weighted by Gasteiger charge is -2.22. The van der Waals surface area contributed by atoms with Gasteiger partial charge >= 0.3 is 0 Å². The van der Waals surface area contributed by atoms with E-state index >= 15 is 0 Å². The number of hydrogen-bond donors (Lipinski definition) is 1. The number of benzene rings is 1. The summed E-state index contributed by atoms with van der Waals surface area (Å²) in [7, 11) is 0. The molecule has 1 aromatic rings. The largest absolute Gasteiger partial charge is 0.491 e. The van der Waals surface area contributed by atoms with Crippen LogP contribution in [0.3, 0.4) is 0 Å². The molecule has 1 fully saturated rings. The summed E-state index contributed by atoms with van der Waals surface area (Å²) in [5.41, 5.74) is 0.882. The van der Waals surface area contributed by atoms with E-state index in [2.05, 4.69) is 0 Å². The van der Waals surface area contributed by atoms with Gasteiger partial charge in [-0.1, -0.05) is 12.1 Å². The lowest BCUT2D eigenvalue weighted by molar-refractivity contribution is -0.0111. The smallest absolute Gasteiger partial charge is 0.119 e. The Labute approximate surface area is 102 Å². The van der Waals surface area contributed by atoms with Crippen molar-refractivity contribution in [2.45, 2.75) is 38.4 Å². The average Bonchev–Trinajstić information content (AvgIpc) is 2.38. The zero-order valence-electron chi connectivity index (χ0n) is 10.3. The molecule has 3 nitrogen and oxygen atoms in total. The Morgan fingerprint density at radius 2 is 2.35 bits per heavy atom. The highest BCUT2D eigenvalue weighted by atomic mass is 16.5. The number of rotatable bonds is 4. The molecule has 0 amide bonds. The lowest BCUT2D eigenvalue weighted by atomic mass is 10.1. The molecular weight excluding hydrogens is 216 g/mol. The molecule has 1 heterocycles. The van der Waals surface area contributed by atoms with Crippen LogP contribution in [0.25, 0.3) is 0 Å². The maximum atomic E-state index is 9.48. The first-order valence-corrected chi connectivity index (χ1v) is 6.28. The van der Waals surface area contributed by atoms with Gasteiger partial charge in [0.1, 0.15) is 12.4 Å². The molecule has 0 spiro atoms. The second kappa shape index (κ2) is 6.03. The van der Waals surface area contributed by atoms with Gasteiger partial charge in [-0.05, 0) is 43.9 Å². The normalized spacial score (nSPS) is 22.1. The topological polar surface area (TPSA) is 38.7 Å². The number of aliphatic hydroxyl groups excluding tert-OH is 1. The number of aliphatic hydroxyl groups is 1. The van der Waals surface area contributed by atoms with Gasteiger partial charge < -0.3 is 14.6 Å². The van der Waals surface area contributed by atoms with E-state index < -0.39 is 6.10 Å². The molecule has 1 aromatic carbocycles. The van der Waals surface area contributed by atoms with Crippen molar-refractivity contribution in [2.24, 2.45) is 0 Å². The molecule has 0 aromatic heterocycles. The molecule has 0 radical (unpaired) electrons. The van der Waals surface area contributed by atoms with Gasteiger partial charge in [0, 0.05) is 6.61 Å². The summed E-state index contributed by atoms with van der Waals surface area (Å²) in [6, 6.07) is 7.59. The Morgan fingerprint density at radius 3 is 3.06 bits per heavy atom. The molecule has 1 aliphatic heterocycles. The fourth-order valence-corrected chi connectivity index (χ4v) is 1.99. The highest BCUT2D eigenvalue weighted by molar-refractivity contribution is 5.29. The molecule has 94 valence electrons. The number of hydrogen-bond acceptors (Lipinski definition) is 3. The van der Waals surface area contributed by atoms with Crippen molar-refractivity contribution in [1.82, 2.24) is 0 Å². The van der Waals surface area contributed by atoms with Crippen molar-refractivity contribution in [3.63, 3.8) is 0 Å². The molecule has 1 aliphatic rings. The van der Waals surface area contributed by atoms with Crippen LogP contribution in [-0.4, -0.2) is 24.4 Å². The van der Waals surface area contributed by atoms with Gasteiger partial charge in [-0.15, -0.1) is 0 Å². The standard InChI is InChI=1S/C14H20O3/c1-11(15)12-5-4-7-13(9-12)17-10-14-6-2-3-8-16-14/h4-5,7,9,11,14-15H,2-3,6,8,10H2,1H3/t11-,14?/m0/s1. The maximum Gasteiger partial charge on any atom is 0.119 e. The predicted molar refractivity (Wildman–Crippen MR) is 66.2 cm³/mol. The first-order valence-electron chi connectivity index (χ1n) is 6.28. The van der Waals surface area contributed by atoms with E-state index in [1.54, 1.807) is 6.92 Å². The summed E-state index contributed by atoms with van der Waals surface area (Å²) in [6.45, 7) is 3.20. The van der Waals surface area contributed by atoms with Gasteiger partial charge in [0.25, 0.3) is 0 Å². The van der Waals surface area contributed by atoms with Gasteiger partial charge in [0.15, 0.2) is 0 Å². The molecule has 0 aliphatic carbocycles. The minimum atomic E-state index is -0.454. The summed E-state index contributed by atoms with van der Waals surface area (Å²) in [5.74, 6) is 0.803. The van der Waals surface area contributed by atoms with Crippen LogP contribution >= 0.6 is 0 Å². The van der Waals surface area contributed by atoms with E-state index in [9.17, 15) is 5.11 Å². The van der Waals surface area contributed by atoms with E-state index in [1.165, 1.54) is 6.42 Å². The van der Waals surface area contributed by atoms with Crippen molar-refractivity contribution in [2.75, 3.05) is 13.2 Å². The number of ether oxygens (including phenoxy) is 2. The van der Waals surface area contributed by atoms with Crippen LogP contribution in [0.1, 0.15) is 37.9 Å². The monoisotopic (exact) mass is 236 g/mol. The summed E-state index contributed by atoms with van der Waals surface area (Å²) in [6.07, 6.45) is 3.23. The van der Waals surface area contributed by atoms with Crippen LogP contribution in [0.15, 0.2) is 24.3 Å². The molecule has 1 unspecified atom stereocenters. The van der Waals surface area contributed by atoms with Crippen LogP contribution < -0.4 is 4.74 Å². The summed E-state index contributed by atoms with van der Waals surface area (Å²) < 4.78 is 11.3. The van der Waals surface area contributed by atoms with Crippen molar-refractivity contribution < 1.29 is 14.6 Å². The maximum absolute atomic E-state index is 9.48. The lowest BCUT2D eigenvalue weighted by Crippen LogP contribution is -2.25. The Balaban J connectivity index is 1.87. The second-order valence-corrected chi connectivity index (χ2v) is 4.55. The molecule has 0 saturated carbocycles. The van der Waals surface area contributed by atoms with Gasteiger partial charge in [0.2, 0.25) is 0 Å². The van der Waals surface area contributed by atoms with E-state index in [4.69, 9.17) is 9.47 Å². The molecular formula is C14H20O3. The highest BCUT2D eigenvalue weighted by Gasteiger charge is 2.14. The third-order valence-electron chi connectivity index (χ3n) is 3.05. The summed E-state index contributed by atoms with van der Waals surface area (Å²) in [5, 5.41) is 9.48. The SMILES string of the molecule is C[C@H](O)c1cccc(OCC2CCCCO2)c1. The van der Waals surface area contributed by atoms with E-state index in [1.807, 2.05) is 24.3 Å². The molecule has 3 heteroatoms. The van der Waals surface area contributed by atoms with Gasteiger partial charge in [-0.3, -0.25) is 0 Å². The third-order valence-corrected chi connectivity index (χ3v) is 3.05. The van der Waals surface area contributed by atoms with Crippen LogP contribution in [0, 0.1) is 0 Å². The highest BCUT2D eigenvalue weighted by Crippen LogP contribution is 2.20. The van der Waals surface area contributed by atoms with E-state index in [0.717, 1.165) is 30.8 Å². The zero-order chi connectivity index (χ0) is 12.1. The van der Waals surface area contributed by atoms with Crippen molar-refractivity contribution in [1.29, 1.82) is 0 Å². The van der Waals surface area contributed by atoms with Gasteiger partial charge in [-0.2, -0.15) is 0 Å². The molecule has 1 N–H and O–H groups in total. The molecule has 2 rings (SSSR count). The molecule has 2 atom stereocenters. The third kappa shape index (κ3) is 3.72. The van der Waals surface area contributed by atoms with Gasteiger partial charge in [-0.25, -0.2) is 0 Å². The van der Waals surface area contributed by atoms with Crippen LogP contribution in [-0.2, 0) is 4.74 Å². The van der Waals surface area contributed by atoms with E-state index in [0.29, 0.717) is 6.61 Å². The summed E-state index contributed by atoms with van der Waals surface area (Å²) in [4.78, 5) is 0. The predicted octanol–water partition coefficient (Wildman–Crippen LogP) is 2.69. The molecule has 17 heavy (non-hydrogen) atoms. The van der Waals surface area contributed by atoms with Gasteiger partial charge in [0.05, 0.1) is 12.2 Å². The van der Waals surface area contributed by atoms with Crippen LogP contribution in [0.5, 0.6) is 5.75 Å². The first-order chi connectivity index (χ1) is 8.25. The average molecular weight is 236 g/mol. The Morgan fingerprint density at radius 1 is 1.47 bits per heavy atom. The Bertz CT molecular complexity index is 343. The van der Waals surface area contributed by atoms with Crippen LogP contribution in [0.2, 0.25) is 0 Å². The summed E-state index contributed by atoms with van der Waals surface area (Å²) >= 11 is 0. The fourth-order valence-electron chi connectivity index (χ4n) is 1.99. The zero-order valence-corrected chi connectivity index (χ0v) is 10.3. The van der Waals surface area contributed by atoms with Crippen molar-refractivity contribution >= 4 is 0 Å². The van der Waals surface area contributed by atoms with E-state index in [-0.39, 0.29) is 6.10 Å². The minimum Gasteiger partial charge on any atom is -0.491 e. The molecule has 1 saturated heterocycles. The fraction of sp³-hybridized carbons (Fsp3) is 0.571. The van der Waals surface area contributed by atoms with Crippen LogP contribution in [0.4, 0.5) is 0 Å². The Hall–Kier alpha value is -1.06. The Kier molecular flexibility index (Phi) is 4.40. The first kappa shape index (κ1) is 12.4. The molecule has 0 bridgehead atoms. The van der Waals surface area contributed by atoms with Crippen molar-refractivity contribution in [3.8, 4) is 5.75 Å². The minimum absolute atomic E-state index is 0.221. The van der Waals surface area contributed by atoms with Crippen molar-refractivity contribution in [3.05, 3.63) is 29.8 Å².